The number of carboxylic acid groups (broad SMARTS) is 4. The van der Waals surface area contributed by atoms with Crippen molar-refractivity contribution in [2.24, 2.45) is 5.73 Å². The van der Waals surface area contributed by atoms with Crippen LogP contribution in [-0.2, 0) is 38.4 Å². The topological polar surface area (TPSA) is 312 Å². The molecule has 220 valence electrons. The van der Waals surface area contributed by atoms with Crippen molar-refractivity contribution < 1.29 is 63.9 Å². The van der Waals surface area contributed by atoms with E-state index in [0.717, 1.165) is 13.8 Å². The van der Waals surface area contributed by atoms with Crippen LogP contribution in [0.2, 0.25) is 0 Å². The van der Waals surface area contributed by atoms with Gasteiger partial charge in [-0.15, -0.1) is 0 Å². The quantitative estimate of drug-likeness (QED) is 0.0759. The van der Waals surface area contributed by atoms with Crippen molar-refractivity contribution in [2.75, 3.05) is 0 Å². The third-order valence-corrected chi connectivity index (χ3v) is 5.10. The molecule has 0 rings (SSSR count). The summed E-state index contributed by atoms with van der Waals surface area (Å²) in [5, 5.41) is 53.6. The molecule has 0 aromatic heterocycles. The van der Waals surface area contributed by atoms with E-state index in [1.54, 1.807) is 0 Å². The van der Waals surface area contributed by atoms with Crippen molar-refractivity contribution >= 4 is 47.5 Å². The van der Waals surface area contributed by atoms with Gasteiger partial charge in [0.1, 0.15) is 18.1 Å². The lowest BCUT2D eigenvalue weighted by molar-refractivity contribution is -0.145. The van der Waals surface area contributed by atoms with Crippen molar-refractivity contribution in [1.29, 1.82) is 0 Å². The Bertz CT molecular complexity index is 954. The number of aliphatic hydroxyl groups excluding tert-OH is 1. The molecule has 11 N–H and O–H groups in total. The molecule has 0 heterocycles. The molecule has 0 bridgehead atoms. The van der Waals surface area contributed by atoms with Crippen LogP contribution in [0.25, 0.3) is 0 Å². The van der Waals surface area contributed by atoms with Crippen LogP contribution in [0.1, 0.15) is 46.0 Å². The third kappa shape index (κ3) is 13.7. The Morgan fingerprint density at radius 3 is 1.59 bits per heavy atom. The number of carboxylic acids is 4. The van der Waals surface area contributed by atoms with E-state index in [-0.39, 0.29) is 6.42 Å². The normalized spacial score (nSPS) is 15.3. The summed E-state index contributed by atoms with van der Waals surface area (Å²) in [7, 11) is 0. The first-order valence-corrected chi connectivity index (χ1v) is 11.5. The fourth-order valence-electron chi connectivity index (χ4n) is 2.93. The van der Waals surface area contributed by atoms with Gasteiger partial charge in [0, 0.05) is 12.8 Å². The predicted molar refractivity (Wildman–Crippen MR) is 127 cm³/mol. The first-order valence-electron chi connectivity index (χ1n) is 11.5. The molecule has 0 aromatic rings. The molecule has 0 saturated carbocycles. The highest BCUT2D eigenvalue weighted by Gasteiger charge is 2.32. The van der Waals surface area contributed by atoms with Crippen molar-refractivity contribution in [1.82, 2.24) is 21.3 Å². The van der Waals surface area contributed by atoms with Gasteiger partial charge in [0.2, 0.25) is 23.6 Å². The molecule has 18 nitrogen and oxygen atoms in total. The predicted octanol–water partition coefficient (Wildman–Crippen LogP) is -4.06. The van der Waals surface area contributed by atoms with E-state index in [2.05, 4.69) is 16.0 Å². The molecule has 0 fully saturated rings. The van der Waals surface area contributed by atoms with Gasteiger partial charge in [0.05, 0.1) is 18.6 Å². The van der Waals surface area contributed by atoms with Crippen LogP contribution < -0.4 is 27.0 Å². The minimum atomic E-state index is -1.78. The summed E-state index contributed by atoms with van der Waals surface area (Å²) in [4.78, 5) is 93.9. The number of nitrogens with two attached hydrogens (primary N) is 1. The number of hydrogen-bond donors (Lipinski definition) is 10. The zero-order valence-electron chi connectivity index (χ0n) is 21.1. The van der Waals surface area contributed by atoms with Crippen LogP contribution in [0, 0.1) is 0 Å². The molecule has 0 spiro atoms. The van der Waals surface area contributed by atoms with E-state index in [1.165, 1.54) is 0 Å². The molecule has 0 unspecified atom stereocenters. The Morgan fingerprint density at radius 2 is 1.13 bits per heavy atom. The molecule has 6 atom stereocenters. The van der Waals surface area contributed by atoms with E-state index in [9.17, 15) is 43.5 Å². The lowest BCUT2D eigenvalue weighted by Gasteiger charge is -2.25. The van der Waals surface area contributed by atoms with Gasteiger partial charge in [0.15, 0.2) is 6.04 Å². The highest BCUT2D eigenvalue weighted by atomic mass is 16.4. The largest absolute Gasteiger partial charge is 0.481 e. The second-order valence-electron chi connectivity index (χ2n) is 8.49. The number of carbonyl (C=O) groups excluding carboxylic acids is 4. The number of hydrogen-bond acceptors (Lipinski definition) is 10. The van der Waals surface area contributed by atoms with Crippen molar-refractivity contribution in [3.05, 3.63) is 0 Å². The molecular weight excluding hydrogens is 530 g/mol. The smallest absolute Gasteiger partial charge is 0.328 e. The lowest BCUT2D eigenvalue weighted by Crippen LogP contribution is -2.58. The number of aliphatic hydroxyl groups is 1. The third-order valence-electron chi connectivity index (χ3n) is 5.10. The Morgan fingerprint density at radius 1 is 0.641 bits per heavy atom. The van der Waals surface area contributed by atoms with Crippen LogP contribution in [0.3, 0.4) is 0 Å². The summed E-state index contributed by atoms with van der Waals surface area (Å²) in [6, 6.07) is -7.96. The van der Waals surface area contributed by atoms with Gasteiger partial charge in [-0.2, -0.15) is 0 Å². The van der Waals surface area contributed by atoms with Gasteiger partial charge in [-0.3, -0.25) is 33.6 Å². The summed E-state index contributed by atoms with van der Waals surface area (Å²) < 4.78 is 0. The second kappa shape index (κ2) is 16.5. The Labute approximate surface area is 221 Å². The van der Waals surface area contributed by atoms with Gasteiger partial charge >= 0.3 is 23.9 Å². The Balaban J connectivity index is 5.47. The van der Waals surface area contributed by atoms with Crippen LogP contribution in [-0.4, -0.2) is 109 Å². The maximum Gasteiger partial charge on any atom is 0.328 e. The fraction of sp³-hybridized carbons (Fsp3) is 0.619. The average Bonchev–Trinajstić information content (AvgIpc) is 2.81. The maximum atomic E-state index is 12.6. The van der Waals surface area contributed by atoms with Crippen molar-refractivity contribution in [2.45, 2.75) is 82.3 Å². The molecule has 0 aliphatic carbocycles. The van der Waals surface area contributed by atoms with Crippen LogP contribution >= 0.6 is 0 Å². The van der Waals surface area contributed by atoms with Crippen molar-refractivity contribution in [3.8, 4) is 0 Å². The van der Waals surface area contributed by atoms with Gasteiger partial charge in [0.25, 0.3) is 0 Å². The molecule has 0 saturated heterocycles. The molecule has 18 heteroatoms. The van der Waals surface area contributed by atoms with E-state index in [0.29, 0.717) is 0 Å². The molecular formula is C21H33N5O13. The van der Waals surface area contributed by atoms with Gasteiger partial charge < -0.3 is 52.5 Å². The number of aliphatic carboxylic acids is 4. The van der Waals surface area contributed by atoms with Crippen LogP contribution in [0.5, 0.6) is 0 Å². The molecule has 0 aliphatic heterocycles. The lowest BCUT2D eigenvalue weighted by atomic mass is 10.1. The minimum Gasteiger partial charge on any atom is -0.481 e. The summed E-state index contributed by atoms with van der Waals surface area (Å²) >= 11 is 0. The number of rotatable bonds is 18. The summed E-state index contributed by atoms with van der Waals surface area (Å²) in [5.41, 5.74) is 5.55. The van der Waals surface area contributed by atoms with Gasteiger partial charge in [-0.25, -0.2) is 4.79 Å². The van der Waals surface area contributed by atoms with Gasteiger partial charge in [-0.05, 0) is 26.7 Å². The van der Waals surface area contributed by atoms with E-state index in [1.807, 2.05) is 5.32 Å². The summed E-state index contributed by atoms with van der Waals surface area (Å²) in [6.07, 6.45) is -4.37. The Kier molecular flexibility index (Phi) is 14.7. The standard InChI is InChI=1S/C21H33N5O13/c1-8(23-20(37)12(7-15(32)33)25-18(35)10(22)3-5-13(28)29)17(34)24-11(4-6-14(30)31)19(36)26-16(9(2)27)21(38)39/h8-12,16,27H,3-7,22H2,1-2H3,(H,23,37)(H,24,34)(H,25,35)(H,26,36)(H,28,29)(H,30,31)(H,32,33)(H,38,39)/t8-,9+,10-,11-,12-,16-/m0/s1. The van der Waals surface area contributed by atoms with E-state index < -0.39 is 110 Å². The zero-order valence-corrected chi connectivity index (χ0v) is 21.1. The molecule has 0 aliphatic rings. The number of nitrogens with one attached hydrogen (secondary N) is 4. The first kappa shape index (κ1) is 34.7. The highest BCUT2D eigenvalue weighted by Crippen LogP contribution is 2.04. The second-order valence-corrected chi connectivity index (χ2v) is 8.49. The van der Waals surface area contributed by atoms with Crippen LogP contribution in [0.15, 0.2) is 0 Å². The summed E-state index contributed by atoms with van der Waals surface area (Å²) in [6.45, 7) is 2.19. The monoisotopic (exact) mass is 563 g/mol. The fourth-order valence-corrected chi connectivity index (χ4v) is 2.93. The highest BCUT2D eigenvalue weighted by molar-refractivity contribution is 5.96. The minimum absolute atomic E-state index is 0.307. The molecule has 0 aromatic carbocycles. The number of amides is 4. The number of carbonyl (C=O) groups is 8. The van der Waals surface area contributed by atoms with Crippen LogP contribution in [0.4, 0.5) is 0 Å². The first-order chi connectivity index (χ1) is 18.0. The average molecular weight is 564 g/mol. The van der Waals surface area contributed by atoms with E-state index >= 15 is 0 Å². The van der Waals surface area contributed by atoms with Crippen molar-refractivity contribution in [3.63, 3.8) is 0 Å². The molecule has 39 heavy (non-hydrogen) atoms. The van der Waals surface area contributed by atoms with E-state index in [4.69, 9.17) is 26.2 Å². The summed E-state index contributed by atoms with van der Waals surface area (Å²) in [5.74, 6) is -10.1. The molecule has 0 radical (unpaired) electrons. The zero-order chi connectivity index (χ0) is 30.4. The van der Waals surface area contributed by atoms with Gasteiger partial charge in [-0.1, -0.05) is 0 Å². The molecule has 4 amide bonds. The SMILES string of the molecule is C[C@H](NC(=O)[C@H](CC(=O)O)NC(=O)[C@@H](N)CCC(=O)O)C(=O)N[C@@H](CCC(=O)O)C(=O)N[C@H](C(=O)O)[C@@H](C)O. The Hall–Kier alpha value is -4.32. The maximum absolute atomic E-state index is 12.6.